The number of benzene rings is 1. The van der Waals surface area contributed by atoms with E-state index >= 15 is 0 Å². The molecular weight excluding hydrogens is 276 g/mol. The Bertz CT molecular complexity index is 469. The fraction of sp³-hybridized carbons (Fsp3) is 0.600. The molecule has 20 heavy (non-hydrogen) atoms. The Balaban J connectivity index is 2.33. The van der Waals surface area contributed by atoms with Crippen molar-refractivity contribution in [3.8, 4) is 5.75 Å². The van der Waals surface area contributed by atoms with Crippen molar-refractivity contribution in [1.82, 2.24) is 5.43 Å². The summed E-state index contributed by atoms with van der Waals surface area (Å²) < 4.78 is 11.2. The van der Waals surface area contributed by atoms with E-state index in [-0.39, 0.29) is 18.2 Å². The zero-order valence-electron chi connectivity index (χ0n) is 12.4. The van der Waals surface area contributed by atoms with E-state index in [4.69, 9.17) is 26.9 Å². The average Bonchev–Trinajstić information content (AvgIpc) is 2.68. The summed E-state index contributed by atoms with van der Waals surface area (Å²) in [6.45, 7) is 6.41. The van der Waals surface area contributed by atoms with E-state index in [0.717, 1.165) is 5.56 Å². The molecule has 2 rings (SSSR count). The Morgan fingerprint density at radius 2 is 2.00 bits per heavy atom. The van der Waals surface area contributed by atoms with Gasteiger partial charge in [-0.25, -0.2) is 0 Å². The summed E-state index contributed by atoms with van der Waals surface area (Å²) in [5, 5.41) is 0.601. The minimum absolute atomic E-state index is 0.0103. The van der Waals surface area contributed by atoms with Gasteiger partial charge in [-0.1, -0.05) is 24.6 Å². The Hall–Kier alpha value is -0.810. The van der Waals surface area contributed by atoms with Crippen molar-refractivity contribution >= 4 is 11.6 Å². The third kappa shape index (κ3) is 2.79. The number of nitrogens with one attached hydrogen (secondary N) is 1. The molecule has 5 unspecified atom stereocenters. The third-order valence-electron chi connectivity index (χ3n) is 4.42. The molecule has 1 aliphatic heterocycles. The van der Waals surface area contributed by atoms with Crippen LogP contribution in [0.3, 0.4) is 0 Å². The quantitative estimate of drug-likeness (QED) is 0.663. The molecular formula is C15H23ClN2O2. The first-order valence-corrected chi connectivity index (χ1v) is 7.32. The van der Waals surface area contributed by atoms with Gasteiger partial charge in [0.2, 0.25) is 0 Å². The number of hydrogen-bond donors (Lipinski definition) is 2. The second-order valence-corrected chi connectivity index (χ2v) is 5.93. The second-order valence-electron chi connectivity index (χ2n) is 5.52. The number of hydrogen-bond acceptors (Lipinski definition) is 4. The largest absolute Gasteiger partial charge is 0.495 e. The zero-order chi connectivity index (χ0) is 14.9. The lowest BCUT2D eigenvalue weighted by molar-refractivity contribution is 0.0475. The summed E-state index contributed by atoms with van der Waals surface area (Å²) in [6, 6.07) is 5.78. The maximum Gasteiger partial charge on any atom is 0.137 e. The molecule has 0 aromatic heterocycles. The van der Waals surface area contributed by atoms with Gasteiger partial charge in [0.25, 0.3) is 0 Å². The molecule has 1 aromatic carbocycles. The first kappa shape index (κ1) is 15.6. The van der Waals surface area contributed by atoms with Crippen molar-refractivity contribution in [2.24, 2.45) is 17.7 Å². The van der Waals surface area contributed by atoms with E-state index in [1.165, 1.54) is 0 Å². The van der Waals surface area contributed by atoms with E-state index in [9.17, 15) is 0 Å². The summed E-state index contributed by atoms with van der Waals surface area (Å²) in [6.07, 6.45) is 0.391. The van der Waals surface area contributed by atoms with Crippen molar-refractivity contribution < 1.29 is 9.47 Å². The normalized spacial score (nSPS) is 31.3. The van der Waals surface area contributed by atoms with Crippen LogP contribution in [0.2, 0.25) is 5.02 Å². The molecule has 1 heterocycles. The fourth-order valence-corrected chi connectivity index (χ4v) is 3.36. The van der Waals surface area contributed by atoms with Gasteiger partial charge in [0, 0.05) is 5.92 Å². The Kier molecular flexibility index (Phi) is 4.91. The van der Waals surface area contributed by atoms with Crippen LogP contribution in [0.4, 0.5) is 0 Å². The van der Waals surface area contributed by atoms with Gasteiger partial charge in [0.1, 0.15) is 5.75 Å². The first-order chi connectivity index (χ1) is 9.49. The van der Waals surface area contributed by atoms with E-state index in [1.807, 2.05) is 18.2 Å². The van der Waals surface area contributed by atoms with E-state index in [0.29, 0.717) is 22.6 Å². The highest BCUT2D eigenvalue weighted by molar-refractivity contribution is 6.32. The molecule has 0 spiro atoms. The number of nitrogens with two attached hydrogens (primary N) is 1. The van der Waals surface area contributed by atoms with Crippen LogP contribution in [0.15, 0.2) is 18.2 Å². The van der Waals surface area contributed by atoms with Crippen LogP contribution >= 0.6 is 11.6 Å². The summed E-state index contributed by atoms with van der Waals surface area (Å²) in [4.78, 5) is 0. The number of rotatable bonds is 4. The Morgan fingerprint density at radius 1 is 1.30 bits per heavy atom. The maximum atomic E-state index is 6.08. The van der Waals surface area contributed by atoms with Crippen molar-refractivity contribution in [2.45, 2.75) is 39.0 Å². The van der Waals surface area contributed by atoms with E-state index in [1.54, 1.807) is 7.11 Å². The standard InChI is InChI=1S/C15H23ClN2O2/c1-8-9(2)20-10(3)14(8)15(18-17)11-5-6-12(16)13(7-11)19-4/h5-10,14-15,18H,17H2,1-4H3. The van der Waals surface area contributed by atoms with Gasteiger partial charge in [0.05, 0.1) is 30.4 Å². The molecule has 0 aliphatic carbocycles. The lowest BCUT2D eigenvalue weighted by Gasteiger charge is -2.29. The molecule has 0 amide bonds. The predicted molar refractivity (Wildman–Crippen MR) is 80.7 cm³/mol. The van der Waals surface area contributed by atoms with Gasteiger partial charge < -0.3 is 9.47 Å². The molecule has 3 N–H and O–H groups in total. The smallest absolute Gasteiger partial charge is 0.137 e. The van der Waals surface area contributed by atoms with Gasteiger partial charge in [-0.3, -0.25) is 11.3 Å². The molecule has 5 atom stereocenters. The van der Waals surface area contributed by atoms with Gasteiger partial charge >= 0.3 is 0 Å². The molecule has 5 heteroatoms. The number of hydrazine groups is 1. The lowest BCUT2D eigenvalue weighted by Crippen LogP contribution is -2.38. The molecule has 1 aliphatic rings. The highest BCUT2D eigenvalue weighted by Gasteiger charge is 2.42. The van der Waals surface area contributed by atoms with Gasteiger partial charge in [-0.2, -0.15) is 0 Å². The van der Waals surface area contributed by atoms with Gasteiger partial charge in [-0.15, -0.1) is 0 Å². The molecule has 112 valence electrons. The minimum atomic E-state index is 0.0103. The molecule has 4 nitrogen and oxygen atoms in total. The number of halogens is 1. The predicted octanol–water partition coefficient (Wildman–Crippen LogP) is 2.91. The maximum absolute atomic E-state index is 6.08. The summed E-state index contributed by atoms with van der Waals surface area (Å²) in [5.74, 6) is 7.20. The van der Waals surface area contributed by atoms with Crippen LogP contribution in [-0.2, 0) is 4.74 Å². The molecule has 0 saturated carbocycles. The lowest BCUT2D eigenvalue weighted by atomic mass is 9.81. The summed E-state index contributed by atoms with van der Waals surface area (Å²) in [5.41, 5.74) is 4.00. The van der Waals surface area contributed by atoms with Crippen LogP contribution < -0.4 is 16.0 Å². The number of ether oxygens (including phenoxy) is 2. The Morgan fingerprint density at radius 3 is 2.50 bits per heavy atom. The van der Waals surface area contributed by atoms with Gasteiger partial charge in [0.15, 0.2) is 0 Å². The second kappa shape index (κ2) is 6.31. The highest BCUT2D eigenvalue weighted by atomic mass is 35.5. The Labute approximate surface area is 125 Å². The van der Waals surface area contributed by atoms with Crippen molar-refractivity contribution in [3.05, 3.63) is 28.8 Å². The minimum Gasteiger partial charge on any atom is -0.495 e. The molecule has 0 radical (unpaired) electrons. The molecule has 1 aromatic rings. The van der Waals surface area contributed by atoms with Crippen LogP contribution in [0, 0.1) is 11.8 Å². The number of methoxy groups -OCH3 is 1. The van der Waals surface area contributed by atoms with Crippen LogP contribution in [0.5, 0.6) is 5.75 Å². The van der Waals surface area contributed by atoms with E-state index in [2.05, 4.69) is 26.2 Å². The highest BCUT2D eigenvalue weighted by Crippen LogP contribution is 2.41. The SMILES string of the molecule is COc1cc(C(NN)C2C(C)OC(C)C2C)ccc1Cl. The zero-order valence-corrected chi connectivity index (χ0v) is 13.1. The molecule has 0 bridgehead atoms. The van der Waals surface area contributed by atoms with Gasteiger partial charge in [-0.05, 0) is 37.5 Å². The summed E-state index contributed by atoms with van der Waals surface area (Å²) >= 11 is 6.08. The molecule has 1 fully saturated rings. The van der Waals surface area contributed by atoms with Crippen molar-refractivity contribution in [3.63, 3.8) is 0 Å². The average molecular weight is 299 g/mol. The third-order valence-corrected chi connectivity index (χ3v) is 4.73. The van der Waals surface area contributed by atoms with Crippen LogP contribution in [0.25, 0.3) is 0 Å². The molecule has 1 saturated heterocycles. The summed E-state index contributed by atoms with van der Waals surface area (Å²) in [7, 11) is 1.61. The van der Waals surface area contributed by atoms with E-state index < -0.39 is 0 Å². The first-order valence-electron chi connectivity index (χ1n) is 6.94. The van der Waals surface area contributed by atoms with Crippen LogP contribution in [0.1, 0.15) is 32.4 Å². The van der Waals surface area contributed by atoms with Crippen molar-refractivity contribution in [1.29, 1.82) is 0 Å². The fourth-order valence-electron chi connectivity index (χ4n) is 3.17. The monoisotopic (exact) mass is 298 g/mol. The van der Waals surface area contributed by atoms with Crippen molar-refractivity contribution in [2.75, 3.05) is 7.11 Å². The topological polar surface area (TPSA) is 56.5 Å². The van der Waals surface area contributed by atoms with Crippen LogP contribution in [-0.4, -0.2) is 19.3 Å².